The molecule has 2 atom stereocenters. The highest BCUT2D eigenvalue weighted by molar-refractivity contribution is 7.08. The number of quaternary nitrogens is 1. The fourth-order valence-corrected chi connectivity index (χ4v) is 6.71. The predicted molar refractivity (Wildman–Crippen MR) is 123 cm³/mol. The minimum absolute atomic E-state index is 0. The average molecular weight is 552 g/mol. The van der Waals surface area contributed by atoms with Crippen molar-refractivity contribution in [3.63, 3.8) is 0 Å². The Morgan fingerprint density at radius 2 is 1.97 bits per heavy atom. The fraction of sp³-hybridized carbons (Fsp3) is 0.583. The van der Waals surface area contributed by atoms with Gasteiger partial charge in [0.2, 0.25) is 0 Å². The molecule has 0 radical (unpaired) electrons. The van der Waals surface area contributed by atoms with Crippen molar-refractivity contribution in [1.29, 1.82) is 0 Å². The van der Waals surface area contributed by atoms with Crippen molar-refractivity contribution in [1.82, 2.24) is 9.97 Å². The molecule has 8 nitrogen and oxygen atoms in total. The van der Waals surface area contributed by atoms with E-state index in [0.29, 0.717) is 29.0 Å². The number of amides is 1. The zero-order chi connectivity index (χ0) is 22.9. The fourth-order valence-electron chi connectivity index (χ4n) is 6.00. The Kier molecular flexibility index (Phi) is 7.71. The molecule has 5 heterocycles. The maximum absolute atomic E-state index is 13.5. The Morgan fingerprint density at radius 1 is 1.21 bits per heavy atom. The van der Waals surface area contributed by atoms with Crippen molar-refractivity contribution in [2.75, 3.05) is 31.5 Å². The zero-order valence-electron chi connectivity index (χ0n) is 19.1. The summed E-state index contributed by atoms with van der Waals surface area (Å²) in [6, 6.07) is 1.84. The molecule has 0 spiro atoms. The summed E-state index contributed by atoms with van der Waals surface area (Å²) in [7, 11) is 0. The lowest BCUT2D eigenvalue weighted by molar-refractivity contribution is -0.939. The summed E-state index contributed by atoms with van der Waals surface area (Å²) in [5.41, 5.74) is -0.936. The second kappa shape index (κ2) is 10.4. The number of fused-ring (bicyclic) bond motifs is 3. The normalized spacial score (nSPS) is 28.0. The third-order valence-corrected chi connectivity index (χ3v) is 8.51. The maximum Gasteiger partial charge on any atom is 0.343 e. The summed E-state index contributed by atoms with van der Waals surface area (Å²) >= 11 is 1.48. The van der Waals surface area contributed by atoms with E-state index in [0.717, 1.165) is 51.6 Å². The topological polar surface area (TPSA) is 101 Å². The molecule has 0 aromatic carbocycles. The van der Waals surface area contributed by atoms with Crippen molar-refractivity contribution in [2.45, 2.75) is 50.2 Å². The first-order valence-electron chi connectivity index (χ1n) is 11.9. The number of hydrogen-bond donors (Lipinski definition) is 2. The third kappa shape index (κ3) is 4.91. The summed E-state index contributed by atoms with van der Waals surface area (Å²) in [4.78, 5) is 34.3. The lowest BCUT2D eigenvalue weighted by Crippen LogP contribution is -3.00. The molecule has 10 heteroatoms. The summed E-state index contributed by atoms with van der Waals surface area (Å²) < 4.78 is 6.70. The minimum Gasteiger partial charge on any atom is -1.00 e. The summed E-state index contributed by atoms with van der Waals surface area (Å²) in [6.45, 7) is 2.71. The van der Waals surface area contributed by atoms with Crippen molar-refractivity contribution in [3.05, 3.63) is 41.0 Å². The first-order valence-corrected chi connectivity index (χ1v) is 12.8. The number of carbonyl (C=O) groups is 2. The summed E-state index contributed by atoms with van der Waals surface area (Å²) in [6.07, 6.45) is 9.89. The number of aliphatic hydroxyl groups is 1. The van der Waals surface area contributed by atoms with Crippen LogP contribution in [0.5, 0.6) is 0 Å². The highest BCUT2D eigenvalue weighted by Gasteiger charge is 2.53. The molecular formula is C24H31BrN4O4S. The lowest BCUT2D eigenvalue weighted by atomic mass is 9.80. The van der Waals surface area contributed by atoms with Crippen molar-refractivity contribution in [3.8, 4) is 0 Å². The molecule has 184 valence electrons. The van der Waals surface area contributed by atoms with Crippen LogP contribution >= 0.6 is 11.3 Å². The van der Waals surface area contributed by atoms with Gasteiger partial charge in [0.25, 0.3) is 5.91 Å². The van der Waals surface area contributed by atoms with Crippen LogP contribution in [0.3, 0.4) is 0 Å². The lowest BCUT2D eigenvalue weighted by Gasteiger charge is -2.51. The number of thiophene rings is 1. The molecule has 1 amide bonds. The van der Waals surface area contributed by atoms with Gasteiger partial charge in [0.15, 0.2) is 24.1 Å². The number of piperidine rings is 3. The number of carbonyl (C=O) groups excluding carboxylic acids is 2. The highest BCUT2D eigenvalue weighted by atomic mass is 79.9. The number of anilines is 1. The monoisotopic (exact) mass is 550 g/mol. The van der Waals surface area contributed by atoms with Crippen LogP contribution < -0.4 is 22.3 Å². The van der Waals surface area contributed by atoms with Crippen LogP contribution in [0, 0.1) is 11.8 Å². The van der Waals surface area contributed by atoms with Gasteiger partial charge in [-0.2, -0.15) is 11.3 Å². The third-order valence-electron chi connectivity index (χ3n) is 7.83. The van der Waals surface area contributed by atoms with E-state index < -0.39 is 11.6 Å². The molecule has 1 saturated carbocycles. The molecule has 2 aromatic rings. The van der Waals surface area contributed by atoms with Crippen LogP contribution in [0.15, 0.2) is 35.4 Å². The maximum atomic E-state index is 13.5. The van der Waals surface area contributed by atoms with E-state index in [4.69, 9.17) is 4.74 Å². The highest BCUT2D eigenvalue weighted by Crippen LogP contribution is 2.43. The van der Waals surface area contributed by atoms with Crippen molar-refractivity contribution >= 4 is 29.0 Å². The second-order valence-electron chi connectivity index (χ2n) is 9.81. The van der Waals surface area contributed by atoms with Gasteiger partial charge in [-0.15, -0.1) is 0 Å². The van der Waals surface area contributed by atoms with E-state index in [1.54, 1.807) is 12.4 Å². The van der Waals surface area contributed by atoms with Crippen LogP contribution in [-0.2, 0) is 19.9 Å². The van der Waals surface area contributed by atoms with Gasteiger partial charge in [-0.3, -0.25) is 9.78 Å². The molecule has 3 saturated heterocycles. The van der Waals surface area contributed by atoms with Gasteiger partial charge in [-0.1, -0.05) is 12.8 Å². The molecule has 1 aliphatic carbocycles. The van der Waals surface area contributed by atoms with E-state index in [1.165, 1.54) is 17.5 Å². The van der Waals surface area contributed by atoms with Gasteiger partial charge < -0.3 is 36.6 Å². The molecule has 2 bridgehead atoms. The molecule has 34 heavy (non-hydrogen) atoms. The Hall–Kier alpha value is -1.88. The van der Waals surface area contributed by atoms with Crippen LogP contribution in [0.25, 0.3) is 0 Å². The molecule has 4 fully saturated rings. The van der Waals surface area contributed by atoms with E-state index in [2.05, 4.69) is 15.3 Å². The number of halogens is 1. The van der Waals surface area contributed by atoms with Gasteiger partial charge in [0.1, 0.15) is 6.54 Å². The molecule has 3 aliphatic heterocycles. The molecule has 6 rings (SSSR count). The van der Waals surface area contributed by atoms with Crippen molar-refractivity contribution in [2.24, 2.45) is 11.8 Å². The molecule has 2 N–H and O–H groups in total. The van der Waals surface area contributed by atoms with E-state index in [1.807, 2.05) is 16.8 Å². The smallest absolute Gasteiger partial charge is 0.343 e. The Balaban J connectivity index is 0.00000274. The average Bonchev–Trinajstić information content (AvgIpc) is 3.54. The van der Waals surface area contributed by atoms with E-state index >= 15 is 0 Å². The van der Waals surface area contributed by atoms with Crippen molar-refractivity contribution < 1.29 is 40.9 Å². The van der Waals surface area contributed by atoms with Crippen LogP contribution in [0.2, 0.25) is 0 Å². The SMILES string of the molecule is O=C(C[N+]12CCC(CC1)[C@@H](OC(=O)C(O)(c1ccsc1)C1CCCC1)C2)Nc1cnccn1.[Br-]. The predicted octanol–water partition coefficient (Wildman–Crippen LogP) is -0.289. The second-order valence-corrected chi connectivity index (χ2v) is 10.6. The number of ether oxygens (including phenoxy) is 1. The Labute approximate surface area is 214 Å². The number of nitrogens with one attached hydrogen (secondary N) is 1. The largest absolute Gasteiger partial charge is 1.00 e. The van der Waals surface area contributed by atoms with E-state index in [9.17, 15) is 14.7 Å². The van der Waals surface area contributed by atoms with Crippen LogP contribution in [0.4, 0.5) is 5.82 Å². The molecule has 1 unspecified atom stereocenters. The molecule has 4 aliphatic rings. The number of nitrogens with zero attached hydrogens (tertiary/aromatic N) is 3. The number of rotatable bonds is 7. The van der Waals surface area contributed by atoms with Crippen LogP contribution in [-0.4, -0.2) is 63.7 Å². The number of esters is 1. The minimum atomic E-state index is -1.59. The number of aromatic nitrogens is 2. The molecule has 2 aromatic heterocycles. The first-order chi connectivity index (χ1) is 16.0. The first kappa shape index (κ1) is 25.2. The van der Waals surface area contributed by atoms with Gasteiger partial charge in [0.05, 0.1) is 19.3 Å². The van der Waals surface area contributed by atoms with Gasteiger partial charge >= 0.3 is 5.97 Å². The summed E-state index contributed by atoms with van der Waals surface area (Å²) in [5.74, 6) is -0.0165. The standard InChI is InChI=1S/C24H30N4O4S.BrH/c29-22(27-21-13-25-8-9-26-21)15-28-10-5-17(6-11-28)20(14-28)32-23(30)24(31,18-3-1-2-4-18)19-7-12-33-16-19;/h7-9,12-13,16-18,20,31H,1-6,10-11,14-15H2;1H/t17?,20-,24?,28?;/m0./s1. The Morgan fingerprint density at radius 3 is 2.62 bits per heavy atom. The van der Waals surface area contributed by atoms with Gasteiger partial charge in [0, 0.05) is 42.6 Å². The van der Waals surface area contributed by atoms with Gasteiger partial charge in [-0.05, 0) is 29.7 Å². The number of hydrogen-bond acceptors (Lipinski definition) is 7. The van der Waals surface area contributed by atoms with E-state index in [-0.39, 0.29) is 40.8 Å². The summed E-state index contributed by atoms with van der Waals surface area (Å²) in [5, 5.41) is 18.2. The van der Waals surface area contributed by atoms with Crippen LogP contribution in [0.1, 0.15) is 44.1 Å². The quantitative estimate of drug-likeness (QED) is 0.363. The zero-order valence-corrected chi connectivity index (χ0v) is 21.5. The Bertz CT molecular complexity index is 978. The molecular weight excluding hydrogens is 520 g/mol. The van der Waals surface area contributed by atoms with Gasteiger partial charge in [-0.25, -0.2) is 9.78 Å².